The number of imidazole rings is 1. The second-order valence-electron chi connectivity index (χ2n) is 16.5. The van der Waals surface area contributed by atoms with Gasteiger partial charge in [0.05, 0.1) is 50.4 Å². The number of methoxy groups -OCH3 is 2. The molecule has 1 unspecified atom stereocenters. The number of nitrogens with zero attached hydrogens (tertiary/aromatic N) is 4. The number of para-hydroxylation sites is 1. The summed E-state index contributed by atoms with van der Waals surface area (Å²) in [6, 6.07) is 43.1. The van der Waals surface area contributed by atoms with Crippen molar-refractivity contribution in [3.05, 3.63) is 150 Å². The van der Waals surface area contributed by atoms with E-state index < -0.39 is 38.1 Å². The van der Waals surface area contributed by atoms with Crippen LogP contribution in [0, 0.1) is 11.3 Å². The zero-order chi connectivity index (χ0) is 44.1. The van der Waals surface area contributed by atoms with Crippen LogP contribution in [-0.4, -0.2) is 63.7 Å². The first-order chi connectivity index (χ1) is 30.6. The van der Waals surface area contributed by atoms with Crippen molar-refractivity contribution in [3.63, 3.8) is 0 Å². The third-order valence-corrected chi connectivity index (χ3v) is 15.8. The van der Waals surface area contributed by atoms with Gasteiger partial charge in [-0.05, 0) is 105 Å². The summed E-state index contributed by atoms with van der Waals surface area (Å²) < 4.78 is 36.5. The van der Waals surface area contributed by atoms with Crippen LogP contribution in [0.1, 0.15) is 69.9 Å². The van der Waals surface area contributed by atoms with Crippen molar-refractivity contribution >= 4 is 42.2 Å². The van der Waals surface area contributed by atoms with E-state index in [0.29, 0.717) is 19.3 Å². The van der Waals surface area contributed by atoms with Crippen LogP contribution in [-0.2, 0) is 19.6 Å². The lowest BCUT2D eigenvalue weighted by Gasteiger charge is -2.43. The van der Waals surface area contributed by atoms with Crippen molar-refractivity contribution in [2.45, 2.75) is 82.6 Å². The summed E-state index contributed by atoms with van der Waals surface area (Å²) in [5.74, 6) is 1.46. The standard InChI is InChI=1S/C50H53N4O6PS2/c1-34(2)54(49(3,4)28-12-29-51)61(55)60-42-31-47(53-33-52-48-40(15-10-16-41(48)53)44-26-27-46(63-44)45-17-11-30-62-45)59-43(42)32-58-50(35-13-8-7-9-14-35,36-18-22-38(56-5)23-19-36)37-20-24-39(57-6)25-21-37/h7-11,13-27,30,33-34,42-43,47,55H,12,28,31-32H2,1-6H3/t42-,43+,47+,61?/m0/s1. The summed E-state index contributed by atoms with van der Waals surface area (Å²) in [6.45, 7) is 8.30. The van der Waals surface area contributed by atoms with Crippen LogP contribution in [0.25, 0.3) is 31.2 Å². The predicted molar refractivity (Wildman–Crippen MR) is 253 cm³/mol. The monoisotopic (exact) mass is 900 g/mol. The molecule has 326 valence electrons. The number of ether oxygens (including phenoxy) is 4. The van der Waals surface area contributed by atoms with Crippen LogP contribution >= 0.6 is 31.2 Å². The van der Waals surface area contributed by atoms with E-state index in [-0.39, 0.29) is 12.6 Å². The second-order valence-corrected chi connectivity index (χ2v) is 19.6. The Bertz CT molecular complexity index is 2560. The molecule has 4 atom stereocenters. The molecule has 3 aromatic heterocycles. The fourth-order valence-corrected chi connectivity index (χ4v) is 12.1. The maximum atomic E-state index is 12.1. The first kappa shape index (κ1) is 44.7. The van der Waals surface area contributed by atoms with Crippen molar-refractivity contribution in [1.82, 2.24) is 14.2 Å². The molecule has 4 heterocycles. The van der Waals surface area contributed by atoms with E-state index in [9.17, 15) is 10.2 Å². The molecule has 0 spiro atoms. The van der Waals surface area contributed by atoms with Crippen LogP contribution in [0.5, 0.6) is 11.5 Å². The molecule has 0 bridgehead atoms. The molecular formula is C50H53N4O6PS2. The van der Waals surface area contributed by atoms with E-state index in [0.717, 1.165) is 49.7 Å². The van der Waals surface area contributed by atoms with Gasteiger partial charge in [0.15, 0.2) is 0 Å². The number of rotatable bonds is 18. The van der Waals surface area contributed by atoms with Crippen molar-refractivity contribution in [1.29, 1.82) is 5.26 Å². The molecule has 1 fully saturated rings. The Morgan fingerprint density at radius 1 is 0.857 bits per heavy atom. The van der Waals surface area contributed by atoms with Crippen molar-refractivity contribution < 1.29 is 28.4 Å². The van der Waals surface area contributed by atoms with Crippen LogP contribution in [0.3, 0.4) is 0 Å². The highest BCUT2D eigenvalue weighted by molar-refractivity contribution is 7.43. The Balaban J connectivity index is 1.18. The summed E-state index contributed by atoms with van der Waals surface area (Å²) in [5, 5.41) is 11.6. The number of fused-ring (bicyclic) bond motifs is 1. The summed E-state index contributed by atoms with van der Waals surface area (Å²) in [7, 11) is 1.18. The quantitative estimate of drug-likeness (QED) is 0.0665. The lowest BCUT2D eigenvalue weighted by atomic mass is 9.80. The van der Waals surface area contributed by atoms with Crippen molar-refractivity contribution in [3.8, 4) is 37.8 Å². The number of aromatic nitrogens is 2. The first-order valence-corrected chi connectivity index (χ1v) is 24.0. The number of thiophene rings is 2. The number of benzene rings is 4. The minimum absolute atomic E-state index is 0.0629. The summed E-state index contributed by atoms with van der Waals surface area (Å²) in [5.41, 5.74) is 3.98. The van der Waals surface area contributed by atoms with Gasteiger partial charge in [-0.2, -0.15) is 5.26 Å². The largest absolute Gasteiger partial charge is 0.497 e. The maximum absolute atomic E-state index is 12.1. The molecule has 63 heavy (non-hydrogen) atoms. The SMILES string of the molecule is COc1ccc(C(OC[C@H]2O[C@@H](n3cnc4c(-c5ccc(-c6cccs6)s5)cccc43)C[C@@H]2OP(O)N(C(C)C)C(C)(C)CCC#N)(c2ccccc2)c2ccc(OC)cc2)cc1. The molecule has 1 N–H and O–H groups in total. The Morgan fingerprint density at radius 3 is 2.14 bits per heavy atom. The molecular weight excluding hydrogens is 848 g/mol. The molecule has 0 radical (unpaired) electrons. The summed E-state index contributed by atoms with van der Waals surface area (Å²) in [6.07, 6.45) is 1.54. The second kappa shape index (κ2) is 19.4. The average molecular weight is 901 g/mol. The highest BCUT2D eigenvalue weighted by Gasteiger charge is 2.46. The highest BCUT2D eigenvalue weighted by Crippen LogP contribution is 2.51. The summed E-state index contributed by atoms with van der Waals surface area (Å²) in [4.78, 5) is 20.7. The molecule has 1 aliphatic rings. The summed E-state index contributed by atoms with van der Waals surface area (Å²) >= 11 is 3.49. The lowest BCUT2D eigenvalue weighted by molar-refractivity contribution is -0.0910. The zero-order valence-electron chi connectivity index (χ0n) is 36.4. The van der Waals surface area contributed by atoms with Crippen LogP contribution < -0.4 is 9.47 Å². The smallest absolute Gasteiger partial charge is 0.257 e. The normalized spacial score (nSPS) is 17.4. The lowest BCUT2D eigenvalue weighted by Crippen LogP contribution is -2.45. The molecule has 0 amide bonds. The first-order valence-electron chi connectivity index (χ1n) is 21.1. The van der Waals surface area contributed by atoms with Gasteiger partial charge in [0.25, 0.3) is 8.53 Å². The van der Waals surface area contributed by atoms with Gasteiger partial charge in [-0.25, -0.2) is 9.65 Å². The van der Waals surface area contributed by atoms with E-state index in [2.05, 4.69) is 84.5 Å². The minimum atomic E-state index is -2.13. The number of hydrogen-bond donors (Lipinski definition) is 1. The van der Waals surface area contributed by atoms with Crippen LogP contribution in [0.4, 0.5) is 0 Å². The number of nitriles is 1. The van der Waals surface area contributed by atoms with Gasteiger partial charge in [0.2, 0.25) is 0 Å². The van der Waals surface area contributed by atoms with Gasteiger partial charge in [-0.3, -0.25) is 0 Å². The number of hydrogen-bond acceptors (Lipinski definition) is 11. The maximum Gasteiger partial charge on any atom is 0.257 e. The highest BCUT2D eigenvalue weighted by atomic mass is 32.1. The Morgan fingerprint density at radius 2 is 1.52 bits per heavy atom. The molecule has 0 saturated carbocycles. The third kappa shape index (κ3) is 9.21. The molecule has 4 aromatic carbocycles. The van der Waals surface area contributed by atoms with Gasteiger partial charge in [-0.15, -0.1) is 22.7 Å². The molecule has 7 aromatic rings. The molecule has 10 nitrogen and oxygen atoms in total. The molecule has 1 saturated heterocycles. The minimum Gasteiger partial charge on any atom is -0.497 e. The Labute approximate surface area is 379 Å². The van der Waals surface area contributed by atoms with Gasteiger partial charge < -0.3 is 32.9 Å². The van der Waals surface area contributed by atoms with E-state index in [1.54, 1.807) is 36.9 Å². The molecule has 0 aliphatic carbocycles. The van der Waals surface area contributed by atoms with E-state index in [1.165, 1.54) is 9.75 Å². The Hall–Kier alpha value is -4.93. The van der Waals surface area contributed by atoms with Crippen LogP contribution in [0.15, 0.2) is 133 Å². The van der Waals surface area contributed by atoms with Gasteiger partial charge >= 0.3 is 0 Å². The molecule has 1 aliphatic heterocycles. The van der Waals surface area contributed by atoms with E-state index in [4.69, 9.17) is 28.5 Å². The van der Waals surface area contributed by atoms with E-state index >= 15 is 0 Å². The zero-order valence-corrected chi connectivity index (χ0v) is 38.9. The van der Waals surface area contributed by atoms with Gasteiger partial charge in [0.1, 0.15) is 29.4 Å². The Kier molecular flexibility index (Phi) is 13.8. The average Bonchev–Trinajstić information content (AvgIpc) is 4.14. The predicted octanol–water partition coefficient (Wildman–Crippen LogP) is 12.2. The third-order valence-electron chi connectivity index (χ3n) is 11.7. The molecule has 8 rings (SSSR count). The fraction of sp³-hybridized carbons (Fsp3) is 0.320. The fourth-order valence-electron chi connectivity index (χ4n) is 8.71. The van der Waals surface area contributed by atoms with E-state index in [1.807, 2.05) is 91.6 Å². The van der Waals surface area contributed by atoms with Gasteiger partial charge in [0, 0.05) is 44.6 Å². The topological polar surface area (TPSA) is 111 Å². The van der Waals surface area contributed by atoms with Crippen molar-refractivity contribution in [2.24, 2.45) is 0 Å². The van der Waals surface area contributed by atoms with Crippen LogP contribution in [0.2, 0.25) is 0 Å². The van der Waals surface area contributed by atoms with Crippen molar-refractivity contribution in [2.75, 3.05) is 20.8 Å². The molecule has 13 heteroatoms. The van der Waals surface area contributed by atoms with Gasteiger partial charge in [-0.1, -0.05) is 72.8 Å².